The van der Waals surface area contributed by atoms with Gasteiger partial charge in [-0.3, -0.25) is 0 Å². The van der Waals surface area contributed by atoms with Crippen LogP contribution in [0, 0.1) is 12.3 Å². The maximum absolute atomic E-state index is 5.55. The van der Waals surface area contributed by atoms with E-state index in [1.807, 2.05) is 25.1 Å². The van der Waals surface area contributed by atoms with Crippen molar-refractivity contribution in [2.24, 2.45) is 4.99 Å². The fourth-order valence-electron chi connectivity index (χ4n) is 2.52. The van der Waals surface area contributed by atoms with E-state index in [1.165, 1.54) is 0 Å². The number of ether oxygens (including phenoxy) is 3. The second kappa shape index (κ2) is 17.2. The third-order valence-electron chi connectivity index (χ3n) is 3.98. The van der Waals surface area contributed by atoms with Crippen LogP contribution in [0.3, 0.4) is 0 Å². The van der Waals surface area contributed by atoms with Gasteiger partial charge in [0.1, 0.15) is 6.61 Å². The molecular weight excluding hydrogens is 483 g/mol. The van der Waals surface area contributed by atoms with Gasteiger partial charge in [0.15, 0.2) is 17.5 Å². The molecule has 0 aliphatic heterocycles. The number of likely N-dealkylation sites (N-methyl/N-ethyl adjacent to an activating group) is 1. The number of hydrogen-bond donors (Lipinski definition) is 2. The average molecular weight is 518 g/mol. The van der Waals surface area contributed by atoms with Gasteiger partial charge in [0, 0.05) is 39.9 Å². The first kappa shape index (κ1) is 27.3. The van der Waals surface area contributed by atoms with Crippen molar-refractivity contribution >= 4 is 29.9 Å². The first-order valence-electron chi connectivity index (χ1n) is 9.57. The molecule has 1 aromatic carbocycles. The highest BCUT2D eigenvalue weighted by atomic mass is 127. The lowest BCUT2D eigenvalue weighted by molar-refractivity contribution is 0.180. The van der Waals surface area contributed by atoms with Gasteiger partial charge in [-0.1, -0.05) is 12.0 Å². The van der Waals surface area contributed by atoms with Gasteiger partial charge in [-0.25, -0.2) is 4.99 Å². The molecule has 0 aliphatic rings. The van der Waals surface area contributed by atoms with Crippen molar-refractivity contribution in [2.75, 3.05) is 60.7 Å². The summed E-state index contributed by atoms with van der Waals surface area (Å²) in [4.78, 5) is 6.92. The van der Waals surface area contributed by atoms with Crippen molar-refractivity contribution in [3.05, 3.63) is 23.8 Å². The summed E-state index contributed by atoms with van der Waals surface area (Å²) < 4.78 is 15.9. The Balaban J connectivity index is 0.00000784. The van der Waals surface area contributed by atoms with Crippen LogP contribution in [0.25, 0.3) is 0 Å². The van der Waals surface area contributed by atoms with Gasteiger partial charge in [-0.15, -0.1) is 30.4 Å². The topological polar surface area (TPSA) is 67.4 Å². The molecule has 0 aliphatic carbocycles. The summed E-state index contributed by atoms with van der Waals surface area (Å²) in [5.41, 5.74) is 1.02. The fourth-order valence-corrected chi connectivity index (χ4v) is 2.52. The van der Waals surface area contributed by atoms with Crippen molar-refractivity contribution in [3.63, 3.8) is 0 Å². The summed E-state index contributed by atoms with van der Waals surface area (Å²) in [6, 6.07) is 5.75. The molecule has 7 nitrogen and oxygen atoms in total. The summed E-state index contributed by atoms with van der Waals surface area (Å²) in [5, 5.41) is 6.64. The lowest BCUT2D eigenvalue weighted by atomic mass is 10.2. The van der Waals surface area contributed by atoms with Crippen LogP contribution in [0.4, 0.5) is 0 Å². The number of nitrogens with zero attached hydrogens (tertiary/aromatic N) is 2. The Morgan fingerprint density at radius 2 is 2.00 bits per heavy atom. The summed E-state index contributed by atoms with van der Waals surface area (Å²) in [5.74, 6) is 4.54. The van der Waals surface area contributed by atoms with E-state index in [2.05, 4.69) is 33.5 Å². The third kappa shape index (κ3) is 11.8. The molecule has 8 heteroatoms. The minimum atomic E-state index is 0. The molecule has 164 valence electrons. The molecule has 1 rings (SSSR count). The van der Waals surface area contributed by atoms with Gasteiger partial charge < -0.3 is 29.7 Å². The first-order chi connectivity index (χ1) is 13.6. The van der Waals surface area contributed by atoms with Crippen molar-refractivity contribution in [1.82, 2.24) is 15.5 Å². The molecule has 0 fully saturated rings. The maximum Gasteiger partial charge on any atom is 0.191 e. The van der Waals surface area contributed by atoms with Crippen LogP contribution in [0.5, 0.6) is 11.5 Å². The molecule has 0 heterocycles. The zero-order valence-electron chi connectivity index (χ0n) is 18.0. The summed E-state index contributed by atoms with van der Waals surface area (Å²) in [7, 11) is 5.44. The standard InChI is InChI=1S/C21H34N4O3.HI/c1-6-14-28-20-16-18(9-10-19(20)27-5)17-24-21(22-7-2)23-11-13-25(3)12-8-15-26-4;/h1,9-10,16H,7-8,11-15,17H2,2-5H3,(H2,22,23,24);1H. The van der Waals surface area contributed by atoms with Gasteiger partial charge in [-0.05, 0) is 38.1 Å². The Labute approximate surface area is 192 Å². The number of nitrogens with one attached hydrogen (secondary N) is 2. The molecule has 0 saturated heterocycles. The Bertz CT molecular complexity index is 635. The Kier molecular flexibility index (Phi) is 16.2. The van der Waals surface area contributed by atoms with E-state index in [1.54, 1.807) is 14.2 Å². The van der Waals surface area contributed by atoms with Gasteiger partial charge in [0.2, 0.25) is 0 Å². The van der Waals surface area contributed by atoms with Crippen LogP contribution in [0.1, 0.15) is 18.9 Å². The van der Waals surface area contributed by atoms with Crippen LogP contribution in [0.15, 0.2) is 23.2 Å². The summed E-state index contributed by atoms with van der Waals surface area (Å²) in [6.07, 6.45) is 6.31. The zero-order valence-corrected chi connectivity index (χ0v) is 20.3. The van der Waals surface area contributed by atoms with E-state index in [0.29, 0.717) is 18.0 Å². The highest BCUT2D eigenvalue weighted by molar-refractivity contribution is 14.0. The molecule has 0 saturated carbocycles. The Hall–Kier alpha value is -1.70. The number of benzene rings is 1. The number of aliphatic imine (C=N–C) groups is 1. The number of guanidine groups is 1. The minimum Gasteiger partial charge on any atom is -0.493 e. The predicted molar refractivity (Wildman–Crippen MR) is 130 cm³/mol. The van der Waals surface area contributed by atoms with E-state index >= 15 is 0 Å². The van der Waals surface area contributed by atoms with E-state index in [4.69, 9.17) is 20.6 Å². The molecule has 2 N–H and O–H groups in total. The molecule has 29 heavy (non-hydrogen) atoms. The fraction of sp³-hybridized carbons (Fsp3) is 0.571. The van der Waals surface area contributed by atoms with E-state index in [-0.39, 0.29) is 30.6 Å². The molecule has 0 bridgehead atoms. The van der Waals surface area contributed by atoms with Crippen molar-refractivity contribution < 1.29 is 14.2 Å². The Morgan fingerprint density at radius 3 is 2.66 bits per heavy atom. The minimum absolute atomic E-state index is 0. The predicted octanol–water partition coefficient (Wildman–Crippen LogP) is 2.35. The number of rotatable bonds is 13. The summed E-state index contributed by atoms with van der Waals surface area (Å²) in [6.45, 7) is 7.12. The van der Waals surface area contributed by atoms with Gasteiger partial charge >= 0.3 is 0 Å². The highest BCUT2D eigenvalue weighted by Crippen LogP contribution is 2.28. The monoisotopic (exact) mass is 518 g/mol. The van der Waals surface area contributed by atoms with Crippen LogP contribution < -0.4 is 20.1 Å². The first-order valence-corrected chi connectivity index (χ1v) is 9.57. The molecule has 1 aromatic rings. The second-order valence-electron chi connectivity index (χ2n) is 6.25. The van der Waals surface area contributed by atoms with Gasteiger partial charge in [0.05, 0.1) is 13.7 Å². The molecule has 0 aromatic heterocycles. The SMILES string of the molecule is C#CCOc1cc(CN=C(NCC)NCCN(C)CCCOC)ccc1OC.I. The maximum atomic E-state index is 5.55. The molecule has 0 spiro atoms. The molecule has 0 amide bonds. The molecule has 0 radical (unpaired) electrons. The Morgan fingerprint density at radius 1 is 1.21 bits per heavy atom. The van der Waals surface area contributed by atoms with Crippen molar-refractivity contribution in [2.45, 2.75) is 19.9 Å². The second-order valence-corrected chi connectivity index (χ2v) is 6.25. The van der Waals surface area contributed by atoms with Crippen molar-refractivity contribution in [3.8, 4) is 23.8 Å². The molecular formula is C21H35IN4O3. The highest BCUT2D eigenvalue weighted by Gasteiger charge is 2.06. The quantitative estimate of drug-likeness (QED) is 0.138. The van der Waals surface area contributed by atoms with Crippen LogP contribution in [-0.4, -0.2) is 71.5 Å². The van der Waals surface area contributed by atoms with Gasteiger partial charge in [0.25, 0.3) is 0 Å². The van der Waals surface area contributed by atoms with E-state index in [0.717, 1.165) is 50.7 Å². The van der Waals surface area contributed by atoms with Gasteiger partial charge in [-0.2, -0.15) is 0 Å². The third-order valence-corrected chi connectivity index (χ3v) is 3.98. The summed E-state index contributed by atoms with van der Waals surface area (Å²) >= 11 is 0. The number of halogens is 1. The van der Waals surface area contributed by atoms with Crippen LogP contribution in [-0.2, 0) is 11.3 Å². The smallest absolute Gasteiger partial charge is 0.191 e. The molecule has 0 atom stereocenters. The van der Waals surface area contributed by atoms with E-state index in [9.17, 15) is 0 Å². The number of methoxy groups -OCH3 is 2. The number of terminal acetylenes is 1. The lowest BCUT2D eigenvalue weighted by Crippen LogP contribution is -2.41. The molecule has 0 unspecified atom stereocenters. The van der Waals surface area contributed by atoms with Crippen LogP contribution >= 0.6 is 24.0 Å². The zero-order chi connectivity index (χ0) is 20.6. The average Bonchev–Trinajstić information content (AvgIpc) is 2.70. The van der Waals surface area contributed by atoms with Crippen LogP contribution in [0.2, 0.25) is 0 Å². The normalized spacial score (nSPS) is 10.8. The lowest BCUT2D eigenvalue weighted by Gasteiger charge is -2.18. The largest absolute Gasteiger partial charge is 0.493 e. The number of hydrogen-bond acceptors (Lipinski definition) is 5. The van der Waals surface area contributed by atoms with Crippen molar-refractivity contribution in [1.29, 1.82) is 0 Å². The van der Waals surface area contributed by atoms with E-state index < -0.39 is 0 Å².